The second kappa shape index (κ2) is 11.0. The van der Waals surface area contributed by atoms with Crippen LogP contribution in [0.1, 0.15) is 26.2 Å². The van der Waals surface area contributed by atoms with Crippen LogP contribution < -0.4 is 10.6 Å². The Hall–Kier alpha value is -1.69. The van der Waals surface area contributed by atoms with E-state index in [4.69, 9.17) is 0 Å². The predicted molar refractivity (Wildman–Crippen MR) is 102 cm³/mol. The summed E-state index contributed by atoms with van der Waals surface area (Å²) in [5, 5.41) is 6.63. The summed E-state index contributed by atoms with van der Waals surface area (Å²) in [6, 6.07) is 10.4. The van der Waals surface area contributed by atoms with Crippen molar-refractivity contribution in [2.45, 2.75) is 31.1 Å². The van der Waals surface area contributed by atoms with Gasteiger partial charge in [-0.25, -0.2) is 0 Å². The Bertz CT molecular complexity index is 521. The van der Waals surface area contributed by atoms with E-state index in [1.54, 1.807) is 0 Å². The van der Waals surface area contributed by atoms with Crippen LogP contribution >= 0.6 is 11.8 Å². The molecule has 1 saturated heterocycles. The molecule has 1 aromatic carbocycles. The van der Waals surface area contributed by atoms with Crippen LogP contribution in [0.3, 0.4) is 0 Å². The van der Waals surface area contributed by atoms with Crippen LogP contribution in [0, 0.1) is 0 Å². The molecule has 1 amide bonds. The zero-order chi connectivity index (χ0) is 17.0. The third kappa shape index (κ3) is 6.83. The van der Waals surface area contributed by atoms with E-state index in [1.807, 2.05) is 22.7 Å². The molecule has 2 N–H and O–H groups in total. The summed E-state index contributed by atoms with van der Waals surface area (Å²) in [6.45, 7) is 6.27. The van der Waals surface area contributed by atoms with Gasteiger partial charge in [0.1, 0.15) is 0 Å². The zero-order valence-electron chi connectivity index (χ0n) is 14.5. The number of rotatable bonds is 9. The Balaban J connectivity index is 1.63. The number of thioether (sulfide) groups is 1. The highest BCUT2D eigenvalue weighted by Gasteiger charge is 2.18. The number of nitrogens with one attached hydrogen (secondary N) is 2. The number of likely N-dealkylation sites (tertiary alicyclic amines) is 1. The van der Waals surface area contributed by atoms with Gasteiger partial charge < -0.3 is 15.5 Å². The standard InChI is InChI=1S/C18H28N4OS/c1-2-19-18(20-11-7-14-22-13-6-10-17(22)23)21-12-15-24-16-8-4-3-5-9-16/h3-5,8-9H,2,6-7,10-15H2,1H3,(H2,19,20,21). The molecule has 1 fully saturated rings. The monoisotopic (exact) mass is 348 g/mol. The number of carbonyl (C=O) groups excluding carboxylic acids is 1. The normalized spacial score (nSPS) is 15.0. The van der Waals surface area contributed by atoms with Gasteiger partial charge >= 0.3 is 0 Å². The Kier molecular flexibility index (Phi) is 8.52. The lowest BCUT2D eigenvalue weighted by Gasteiger charge is -2.15. The predicted octanol–water partition coefficient (Wildman–Crippen LogP) is 2.35. The summed E-state index contributed by atoms with van der Waals surface area (Å²) >= 11 is 1.84. The van der Waals surface area contributed by atoms with E-state index in [0.29, 0.717) is 12.3 Å². The van der Waals surface area contributed by atoms with E-state index in [9.17, 15) is 4.79 Å². The van der Waals surface area contributed by atoms with Crippen molar-refractivity contribution in [3.63, 3.8) is 0 Å². The number of benzene rings is 1. The maximum Gasteiger partial charge on any atom is 0.222 e. The minimum Gasteiger partial charge on any atom is -0.357 e. The first-order valence-electron chi connectivity index (χ1n) is 8.77. The minimum absolute atomic E-state index is 0.293. The number of hydrogen-bond donors (Lipinski definition) is 2. The molecule has 0 unspecified atom stereocenters. The van der Waals surface area contributed by atoms with E-state index in [2.05, 4.69) is 46.8 Å². The van der Waals surface area contributed by atoms with Crippen LogP contribution in [0.25, 0.3) is 0 Å². The zero-order valence-corrected chi connectivity index (χ0v) is 15.3. The van der Waals surface area contributed by atoms with Gasteiger partial charge in [0, 0.05) is 49.8 Å². The molecular formula is C18H28N4OS. The van der Waals surface area contributed by atoms with Crippen LogP contribution in [0.5, 0.6) is 0 Å². The van der Waals surface area contributed by atoms with Gasteiger partial charge in [-0.1, -0.05) is 18.2 Å². The number of amides is 1. The molecule has 0 aromatic heterocycles. The maximum absolute atomic E-state index is 11.6. The Morgan fingerprint density at radius 2 is 2.12 bits per heavy atom. The SMILES string of the molecule is CCNC(=NCCCN1CCCC1=O)NCCSc1ccccc1. The minimum atomic E-state index is 0.293. The van der Waals surface area contributed by atoms with Crippen LogP contribution in [0.4, 0.5) is 0 Å². The molecule has 1 aromatic rings. The quantitative estimate of drug-likeness (QED) is 0.311. The third-order valence-electron chi connectivity index (χ3n) is 3.78. The molecule has 0 radical (unpaired) electrons. The Labute approximate surface area is 149 Å². The van der Waals surface area contributed by atoms with Crippen LogP contribution in [0.15, 0.2) is 40.2 Å². The van der Waals surface area contributed by atoms with Crippen molar-refractivity contribution in [2.75, 3.05) is 38.5 Å². The summed E-state index contributed by atoms with van der Waals surface area (Å²) in [5.74, 6) is 2.15. The average molecular weight is 349 g/mol. The van der Waals surface area contributed by atoms with Crippen molar-refractivity contribution >= 4 is 23.6 Å². The molecule has 6 heteroatoms. The number of aliphatic imine (C=N–C) groups is 1. The average Bonchev–Trinajstić information content (AvgIpc) is 3.01. The lowest BCUT2D eigenvalue weighted by Crippen LogP contribution is -2.38. The molecule has 0 atom stereocenters. The topological polar surface area (TPSA) is 56.7 Å². The van der Waals surface area contributed by atoms with Crippen molar-refractivity contribution in [1.29, 1.82) is 0 Å². The molecule has 24 heavy (non-hydrogen) atoms. The second-order valence-corrected chi connectivity index (χ2v) is 6.86. The maximum atomic E-state index is 11.6. The molecule has 132 valence electrons. The molecule has 0 aliphatic carbocycles. The lowest BCUT2D eigenvalue weighted by molar-refractivity contribution is -0.127. The highest BCUT2D eigenvalue weighted by molar-refractivity contribution is 7.99. The van der Waals surface area contributed by atoms with Gasteiger partial charge in [-0.15, -0.1) is 11.8 Å². The molecule has 1 heterocycles. The van der Waals surface area contributed by atoms with Crippen molar-refractivity contribution in [3.8, 4) is 0 Å². The lowest BCUT2D eigenvalue weighted by atomic mass is 10.4. The van der Waals surface area contributed by atoms with Crippen molar-refractivity contribution in [3.05, 3.63) is 30.3 Å². The van der Waals surface area contributed by atoms with Crippen molar-refractivity contribution in [1.82, 2.24) is 15.5 Å². The first-order valence-corrected chi connectivity index (χ1v) is 9.76. The summed E-state index contributed by atoms with van der Waals surface area (Å²) in [4.78, 5) is 19.4. The second-order valence-electron chi connectivity index (χ2n) is 5.69. The number of carbonyl (C=O) groups is 1. The molecule has 0 bridgehead atoms. The fourth-order valence-electron chi connectivity index (χ4n) is 2.59. The molecule has 0 saturated carbocycles. The van der Waals surface area contributed by atoms with Crippen LogP contribution in [-0.4, -0.2) is 55.2 Å². The summed E-state index contributed by atoms with van der Waals surface area (Å²) in [5.41, 5.74) is 0. The summed E-state index contributed by atoms with van der Waals surface area (Å²) < 4.78 is 0. The van der Waals surface area contributed by atoms with Gasteiger partial charge in [-0.2, -0.15) is 0 Å². The van der Waals surface area contributed by atoms with Gasteiger partial charge in [0.2, 0.25) is 5.91 Å². The summed E-state index contributed by atoms with van der Waals surface area (Å²) in [7, 11) is 0. The third-order valence-corrected chi connectivity index (χ3v) is 4.79. The van der Waals surface area contributed by atoms with Gasteiger partial charge in [0.05, 0.1) is 0 Å². The highest BCUT2D eigenvalue weighted by Crippen LogP contribution is 2.15. The van der Waals surface area contributed by atoms with Gasteiger partial charge in [0.25, 0.3) is 0 Å². The molecule has 0 spiro atoms. The molecule has 2 rings (SSSR count). The Morgan fingerprint density at radius 1 is 1.29 bits per heavy atom. The van der Waals surface area contributed by atoms with Gasteiger partial charge in [0.15, 0.2) is 5.96 Å². The fourth-order valence-corrected chi connectivity index (χ4v) is 3.38. The highest BCUT2D eigenvalue weighted by atomic mass is 32.2. The van der Waals surface area contributed by atoms with Crippen molar-refractivity contribution in [2.24, 2.45) is 4.99 Å². The largest absolute Gasteiger partial charge is 0.357 e. The van der Waals surface area contributed by atoms with E-state index in [0.717, 1.165) is 57.3 Å². The van der Waals surface area contributed by atoms with Crippen molar-refractivity contribution < 1.29 is 4.79 Å². The van der Waals surface area contributed by atoms with Gasteiger partial charge in [-0.3, -0.25) is 9.79 Å². The first kappa shape index (κ1) is 18.6. The van der Waals surface area contributed by atoms with Crippen LogP contribution in [-0.2, 0) is 4.79 Å². The van der Waals surface area contributed by atoms with E-state index >= 15 is 0 Å². The summed E-state index contributed by atoms with van der Waals surface area (Å²) in [6.07, 6.45) is 2.64. The number of guanidine groups is 1. The first-order chi connectivity index (χ1) is 11.8. The van der Waals surface area contributed by atoms with E-state index in [-0.39, 0.29) is 0 Å². The molecular weight excluding hydrogens is 320 g/mol. The van der Waals surface area contributed by atoms with E-state index in [1.165, 1.54) is 4.90 Å². The Morgan fingerprint density at radius 3 is 2.83 bits per heavy atom. The van der Waals surface area contributed by atoms with E-state index < -0.39 is 0 Å². The number of hydrogen-bond acceptors (Lipinski definition) is 3. The van der Waals surface area contributed by atoms with Gasteiger partial charge in [-0.05, 0) is 31.9 Å². The number of nitrogens with zero attached hydrogens (tertiary/aromatic N) is 2. The van der Waals surface area contributed by atoms with Crippen LogP contribution in [0.2, 0.25) is 0 Å². The fraction of sp³-hybridized carbons (Fsp3) is 0.556. The molecule has 5 nitrogen and oxygen atoms in total. The smallest absolute Gasteiger partial charge is 0.222 e. The molecule has 1 aliphatic rings. The molecule has 1 aliphatic heterocycles.